The number of benzene rings is 1. The summed E-state index contributed by atoms with van der Waals surface area (Å²) in [5.41, 5.74) is 1.69. The van der Waals surface area contributed by atoms with Gasteiger partial charge in [0.15, 0.2) is 11.4 Å². The first-order chi connectivity index (χ1) is 10.2. The number of carbonyl (C=O) groups is 1. The largest absolute Gasteiger partial charge is 0.377 e. The third-order valence-electron chi connectivity index (χ3n) is 4.18. The molecule has 21 heavy (non-hydrogen) atoms. The van der Waals surface area contributed by atoms with Crippen molar-refractivity contribution >= 4 is 28.4 Å². The summed E-state index contributed by atoms with van der Waals surface area (Å²) in [5, 5.41) is 7.87. The molecule has 1 aromatic carbocycles. The van der Waals surface area contributed by atoms with E-state index in [1.54, 1.807) is 0 Å². The second-order valence-corrected chi connectivity index (χ2v) is 5.90. The van der Waals surface area contributed by atoms with E-state index < -0.39 is 0 Å². The standard InChI is InChI=1S/C16H21N3O2/c1-19(2)12-9-6-10-13-14(12)15(18-21-13)17-16(20)11-7-4-3-5-8-11/h6,9-11H,3-5,7-8H2,1-2H3,(H,17,18,20). The van der Waals surface area contributed by atoms with Crippen LogP contribution in [0, 0.1) is 5.92 Å². The highest BCUT2D eigenvalue weighted by atomic mass is 16.5. The fourth-order valence-electron chi connectivity index (χ4n) is 3.02. The second-order valence-electron chi connectivity index (χ2n) is 5.90. The Bertz CT molecular complexity index is 642. The third kappa shape index (κ3) is 2.73. The molecule has 2 aromatic rings. The van der Waals surface area contributed by atoms with E-state index in [4.69, 9.17) is 4.52 Å². The lowest BCUT2D eigenvalue weighted by Crippen LogP contribution is -2.25. The minimum Gasteiger partial charge on any atom is -0.377 e. The molecule has 1 heterocycles. The molecule has 0 unspecified atom stereocenters. The molecule has 1 aliphatic rings. The summed E-state index contributed by atoms with van der Waals surface area (Å²) in [6.45, 7) is 0. The lowest BCUT2D eigenvalue weighted by molar-refractivity contribution is -0.120. The fraction of sp³-hybridized carbons (Fsp3) is 0.500. The van der Waals surface area contributed by atoms with Crippen LogP contribution in [0.2, 0.25) is 0 Å². The molecule has 0 bridgehead atoms. The summed E-state index contributed by atoms with van der Waals surface area (Å²) < 4.78 is 5.34. The average molecular weight is 287 g/mol. The zero-order valence-electron chi connectivity index (χ0n) is 12.6. The van der Waals surface area contributed by atoms with Gasteiger partial charge in [0.2, 0.25) is 5.91 Å². The van der Waals surface area contributed by atoms with E-state index >= 15 is 0 Å². The van der Waals surface area contributed by atoms with Gasteiger partial charge in [-0.15, -0.1) is 0 Å². The zero-order valence-corrected chi connectivity index (χ0v) is 12.6. The first-order valence-corrected chi connectivity index (χ1v) is 7.53. The molecule has 1 aliphatic carbocycles. The van der Waals surface area contributed by atoms with Crippen molar-refractivity contribution in [2.75, 3.05) is 24.3 Å². The smallest absolute Gasteiger partial charge is 0.228 e. The van der Waals surface area contributed by atoms with Gasteiger partial charge in [-0.3, -0.25) is 4.79 Å². The van der Waals surface area contributed by atoms with Gasteiger partial charge in [-0.05, 0) is 25.0 Å². The number of amides is 1. The molecule has 0 atom stereocenters. The van der Waals surface area contributed by atoms with Crippen LogP contribution >= 0.6 is 0 Å². The number of rotatable bonds is 3. The highest BCUT2D eigenvalue weighted by Crippen LogP contribution is 2.33. The van der Waals surface area contributed by atoms with E-state index in [2.05, 4.69) is 10.5 Å². The summed E-state index contributed by atoms with van der Waals surface area (Å²) in [6.07, 6.45) is 5.47. The maximum atomic E-state index is 12.4. The molecule has 3 rings (SSSR count). The van der Waals surface area contributed by atoms with Gasteiger partial charge in [-0.1, -0.05) is 30.5 Å². The van der Waals surface area contributed by atoms with Crippen LogP contribution in [0.4, 0.5) is 11.5 Å². The second kappa shape index (κ2) is 5.76. The van der Waals surface area contributed by atoms with Crippen molar-refractivity contribution in [3.8, 4) is 0 Å². The van der Waals surface area contributed by atoms with Gasteiger partial charge in [-0.2, -0.15) is 0 Å². The van der Waals surface area contributed by atoms with Crippen LogP contribution in [0.15, 0.2) is 22.7 Å². The molecule has 1 saturated carbocycles. The van der Waals surface area contributed by atoms with E-state index in [-0.39, 0.29) is 11.8 Å². The van der Waals surface area contributed by atoms with Crippen LogP contribution in [0.3, 0.4) is 0 Å². The van der Waals surface area contributed by atoms with Gasteiger partial charge < -0.3 is 14.7 Å². The molecule has 0 spiro atoms. The highest BCUT2D eigenvalue weighted by molar-refractivity contribution is 6.05. The quantitative estimate of drug-likeness (QED) is 0.939. The van der Waals surface area contributed by atoms with Crippen molar-refractivity contribution in [2.24, 2.45) is 5.92 Å². The molecule has 0 saturated heterocycles. The Labute approximate surface area is 124 Å². The Morgan fingerprint density at radius 1 is 1.29 bits per heavy atom. The van der Waals surface area contributed by atoms with E-state index in [1.165, 1.54) is 6.42 Å². The molecule has 1 N–H and O–H groups in total. The molecular weight excluding hydrogens is 266 g/mol. The maximum absolute atomic E-state index is 12.4. The summed E-state index contributed by atoms with van der Waals surface area (Å²) in [5.74, 6) is 0.709. The van der Waals surface area contributed by atoms with Gasteiger partial charge in [0.05, 0.1) is 11.1 Å². The monoisotopic (exact) mass is 287 g/mol. The van der Waals surface area contributed by atoms with Crippen LogP contribution < -0.4 is 10.2 Å². The Hall–Kier alpha value is -2.04. The van der Waals surface area contributed by atoms with Crippen molar-refractivity contribution in [3.05, 3.63) is 18.2 Å². The fourth-order valence-corrected chi connectivity index (χ4v) is 3.02. The molecular formula is C16H21N3O2. The van der Waals surface area contributed by atoms with Crippen LogP contribution in [0.1, 0.15) is 32.1 Å². The van der Waals surface area contributed by atoms with Gasteiger partial charge in [0, 0.05) is 20.0 Å². The predicted octanol–water partition coefficient (Wildman–Crippen LogP) is 3.41. The SMILES string of the molecule is CN(C)c1cccc2onc(NC(=O)C3CCCCC3)c12. The van der Waals surface area contributed by atoms with Gasteiger partial charge >= 0.3 is 0 Å². The number of anilines is 2. The molecule has 0 radical (unpaired) electrons. The number of hydrogen-bond acceptors (Lipinski definition) is 4. The van der Waals surface area contributed by atoms with Crippen LogP contribution in [0.5, 0.6) is 0 Å². The van der Waals surface area contributed by atoms with Gasteiger partial charge in [0.25, 0.3) is 0 Å². The van der Waals surface area contributed by atoms with E-state index in [9.17, 15) is 4.79 Å². The zero-order chi connectivity index (χ0) is 14.8. The van der Waals surface area contributed by atoms with E-state index in [0.29, 0.717) is 11.4 Å². The van der Waals surface area contributed by atoms with E-state index in [0.717, 1.165) is 36.8 Å². The van der Waals surface area contributed by atoms with Gasteiger partial charge in [0.1, 0.15) is 0 Å². The maximum Gasteiger partial charge on any atom is 0.228 e. The summed E-state index contributed by atoms with van der Waals surface area (Å²) in [6, 6.07) is 5.79. The molecule has 5 heteroatoms. The molecule has 1 fully saturated rings. The lowest BCUT2D eigenvalue weighted by atomic mass is 9.89. The first kappa shape index (κ1) is 13.9. The number of carbonyl (C=O) groups excluding carboxylic acids is 1. The third-order valence-corrected chi connectivity index (χ3v) is 4.18. The molecule has 5 nitrogen and oxygen atoms in total. The molecule has 0 aliphatic heterocycles. The van der Waals surface area contributed by atoms with Crippen LogP contribution in [-0.4, -0.2) is 25.2 Å². The normalized spacial score (nSPS) is 16.1. The lowest BCUT2D eigenvalue weighted by Gasteiger charge is -2.20. The molecule has 1 aromatic heterocycles. The summed E-state index contributed by atoms with van der Waals surface area (Å²) in [7, 11) is 3.93. The number of nitrogens with zero attached hydrogens (tertiary/aromatic N) is 2. The summed E-state index contributed by atoms with van der Waals surface area (Å²) >= 11 is 0. The number of fused-ring (bicyclic) bond motifs is 1. The Balaban J connectivity index is 1.88. The number of aromatic nitrogens is 1. The Morgan fingerprint density at radius 2 is 2.05 bits per heavy atom. The molecule has 1 amide bonds. The van der Waals surface area contributed by atoms with Crippen molar-refractivity contribution in [3.63, 3.8) is 0 Å². The number of hydrogen-bond donors (Lipinski definition) is 1. The minimum atomic E-state index is 0.0680. The van der Waals surface area contributed by atoms with Crippen molar-refractivity contribution < 1.29 is 9.32 Å². The topological polar surface area (TPSA) is 58.4 Å². The van der Waals surface area contributed by atoms with E-state index in [1.807, 2.05) is 37.2 Å². The van der Waals surface area contributed by atoms with Gasteiger partial charge in [-0.25, -0.2) is 0 Å². The Morgan fingerprint density at radius 3 is 2.76 bits per heavy atom. The van der Waals surface area contributed by atoms with Crippen molar-refractivity contribution in [1.82, 2.24) is 5.16 Å². The van der Waals surface area contributed by atoms with Crippen molar-refractivity contribution in [2.45, 2.75) is 32.1 Å². The predicted molar refractivity (Wildman–Crippen MR) is 83.5 cm³/mol. The minimum absolute atomic E-state index is 0.0680. The average Bonchev–Trinajstić information content (AvgIpc) is 2.91. The number of nitrogens with one attached hydrogen (secondary N) is 1. The molecule has 112 valence electrons. The van der Waals surface area contributed by atoms with Crippen LogP contribution in [0.25, 0.3) is 11.0 Å². The van der Waals surface area contributed by atoms with Crippen LogP contribution in [-0.2, 0) is 4.79 Å². The summed E-state index contributed by atoms with van der Waals surface area (Å²) in [4.78, 5) is 14.4. The Kier molecular flexibility index (Phi) is 3.82. The first-order valence-electron chi connectivity index (χ1n) is 7.53. The van der Waals surface area contributed by atoms with Crippen molar-refractivity contribution in [1.29, 1.82) is 0 Å². The highest BCUT2D eigenvalue weighted by Gasteiger charge is 2.23.